The summed E-state index contributed by atoms with van der Waals surface area (Å²) >= 11 is 0. The van der Waals surface area contributed by atoms with Gasteiger partial charge in [0.05, 0.1) is 12.6 Å². The van der Waals surface area contributed by atoms with Crippen LogP contribution in [0.25, 0.3) is 0 Å². The Morgan fingerprint density at radius 1 is 1.56 bits per heavy atom. The summed E-state index contributed by atoms with van der Waals surface area (Å²) < 4.78 is 30.1. The number of rotatable bonds is 3. The predicted octanol–water partition coefficient (Wildman–Crippen LogP) is 0.856. The molecule has 1 saturated heterocycles. The Kier molecular flexibility index (Phi) is 3.30. The molecule has 0 bridgehead atoms. The first-order valence-electron chi connectivity index (χ1n) is 5.40. The van der Waals surface area contributed by atoms with E-state index >= 15 is 0 Å². The fourth-order valence-corrected chi connectivity index (χ4v) is 2.75. The number of aromatic nitrogens is 2. The van der Waals surface area contributed by atoms with E-state index in [1.807, 2.05) is 0 Å². The molecule has 0 amide bonds. The van der Waals surface area contributed by atoms with Crippen molar-refractivity contribution >= 4 is 9.84 Å². The maximum absolute atomic E-state index is 11.4. The highest BCUT2D eigenvalue weighted by molar-refractivity contribution is 7.90. The minimum Gasteiger partial charge on any atom is -0.376 e. The molecule has 5 nitrogen and oxygen atoms in total. The largest absolute Gasteiger partial charge is 0.376 e. The minimum absolute atomic E-state index is 0.114. The highest BCUT2D eigenvalue weighted by atomic mass is 32.2. The summed E-state index contributed by atoms with van der Waals surface area (Å²) in [5, 5.41) is 0.127. The van der Waals surface area contributed by atoms with Crippen LogP contribution in [0.3, 0.4) is 0 Å². The van der Waals surface area contributed by atoms with Crippen LogP contribution in [0.4, 0.5) is 0 Å². The molecule has 2 rings (SSSR count). The fourth-order valence-electron chi connectivity index (χ4n) is 1.93. The third kappa shape index (κ3) is 2.62. The molecule has 1 aromatic rings. The van der Waals surface area contributed by atoms with Crippen LogP contribution in [0.2, 0.25) is 0 Å². The van der Waals surface area contributed by atoms with Crippen molar-refractivity contribution in [3.63, 3.8) is 0 Å². The summed E-state index contributed by atoms with van der Waals surface area (Å²) in [5.41, 5.74) is 0. The van der Waals surface area contributed by atoms with Crippen molar-refractivity contribution in [1.29, 1.82) is 0 Å². The Labute approximate surface area is 95.4 Å². The highest BCUT2D eigenvalue weighted by Gasteiger charge is 2.19. The molecule has 90 valence electrons. The molecule has 0 radical (unpaired) electrons. The lowest BCUT2D eigenvalue weighted by Gasteiger charge is -2.23. The average Bonchev–Trinajstić information content (AvgIpc) is 2.67. The van der Waals surface area contributed by atoms with Crippen LogP contribution >= 0.6 is 0 Å². The molecule has 1 aliphatic heterocycles. The SMILES string of the molecule is CS(=O)(=O)c1nccn1CC1CCCCO1. The first kappa shape index (κ1) is 11.6. The standard InChI is InChI=1S/C10H16N2O3S/c1-16(13,14)10-11-5-6-12(10)8-9-4-2-3-7-15-9/h5-6,9H,2-4,7-8H2,1H3. The van der Waals surface area contributed by atoms with Crippen molar-refractivity contribution in [2.24, 2.45) is 0 Å². The van der Waals surface area contributed by atoms with Gasteiger partial charge in [-0.2, -0.15) is 0 Å². The van der Waals surface area contributed by atoms with E-state index in [1.165, 1.54) is 12.5 Å². The summed E-state index contributed by atoms with van der Waals surface area (Å²) in [5.74, 6) is 0. The van der Waals surface area contributed by atoms with Crippen LogP contribution in [0.5, 0.6) is 0 Å². The third-order valence-electron chi connectivity index (χ3n) is 2.68. The predicted molar refractivity (Wildman–Crippen MR) is 58.9 cm³/mol. The number of hydrogen-bond acceptors (Lipinski definition) is 4. The number of imidazole rings is 1. The number of hydrogen-bond donors (Lipinski definition) is 0. The van der Waals surface area contributed by atoms with Gasteiger partial charge in [-0.25, -0.2) is 13.4 Å². The molecular weight excluding hydrogens is 228 g/mol. The van der Waals surface area contributed by atoms with Gasteiger partial charge in [0.15, 0.2) is 0 Å². The second-order valence-corrected chi connectivity index (χ2v) is 6.03. The van der Waals surface area contributed by atoms with E-state index in [-0.39, 0.29) is 11.3 Å². The van der Waals surface area contributed by atoms with Crippen molar-refractivity contribution in [2.75, 3.05) is 12.9 Å². The molecule has 0 spiro atoms. The molecule has 1 atom stereocenters. The van der Waals surface area contributed by atoms with Crippen molar-refractivity contribution in [1.82, 2.24) is 9.55 Å². The molecule has 1 unspecified atom stereocenters. The van der Waals surface area contributed by atoms with Gasteiger partial charge in [0.1, 0.15) is 0 Å². The third-order valence-corrected chi connectivity index (χ3v) is 3.69. The summed E-state index contributed by atoms with van der Waals surface area (Å²) in [4.78, 5) is 3.87. The zero-order valence-electron chi connectivity index (χ0n) is 9.30. The molecule has 1 fully saturated rings. The second-order valence-electron chi connectivity index (χ2n) is 4.12. The minimum atomic E-state index is -3.24. The Morgan fingerprint density at radius 2 is 2.38 bits per heavy atom. The van der Waals surface area contributed by atoms with Crippen molar-refractivity contribution in [3.05, 3.63) is 12.4 Å². The monoisotopic (exact) mass is 244 g/mol. The van der Waals surface area contributed by atoms with Crippen molar-refractivity contribution < 1.29 is 13.2 Å². The molecule has 1 aliphatic rings. The molecule has 0 saturated carbocycles. The zero-order chi connectivity index (χ0) is 11.6. The second kappa shape index (κ2) is 4.55. The fraction of sp³-hybridized carbons (Fsp3) is 0.700. The maximum atomic E-state index is 11.4. The van der Waals surface area contributed by atoms with Gasteiger partial charge >= 0.3 is 0 Å². The van der Waals surface area contributed by atoms with Crippen molar-refractivity contribution in [3.8, 4) is 0 Å². The zero-order valence-corrected chi connectivity index (χ0v) is 10.1. The van der Waals surface area contributed by atoms with E-state index in [2.05, 4.69) is 4.98 Å². The van der Waals surface area contributed by atoms with Crippen molar-refractivity contribution in [2.45, 2.75) is 37.1 Å². The van der Waals surface area contributed by atoms with Gasteiger partial charge in [-0.1, -0.05) is 0 Å². The van der Waals surface area contributed by atoms with Gasteiger partial charge in [0.25, 0.3) is 0 Å². The van der Waals surface area contributed by atoms with Gasteiger partial charge < -0.3 is 9.30 Å². The van der Waals surface area contributed by atoms with Crippen LogP contribution in [0.1, 0.15) is 19.3 Å². The van der Waals surface area contributed by atoms with Gasteiger partial charge in [0.2, 0.25) is 15.0 Å². The summed E-state index contributed by atoms with van der Waals surface area (Å²) in [6.07, 6.45) is 7.72. The van der Waals surface area contributed by atoms with Gasteiger partial charge in [-0.15, -0.1) is 0 Å². The average molecular weight is 244 g/mol. The smallest absolute Gasteiger partial charge is 0.227 e. The number of sulfone groups is 1. The molecular formula is C10H16N2O3S. The normalized spacial score (nSPS) is 22.2. The Morgan fingerprint density at radius 3 is 3.00 bits per heavy atom. The van der Waals surface area contributed by atoms with Crippen LogP contribution in [-0.2, 0) is 21.1 Å². The van der Waals surface area contributed by atoms with E-state index < -0.39 is 9.84 Å². The van der Waals surface area contributed by atoms with E-state index in [9.17, 15) is 8.42 Å². The molecule has 6 heteroatoms. The Balaban J connectivity index is 2.12. The molecule has 0 aromatic carbocycles. The van der Waals surface area contributed by atoms with Gasteiger partial charge in [-0.3, -0.25) is 0 Å². The van der Waals surface area contributed by atoms with E-state index in [0.717, 1.165) is 25.9 Å². The lowest BCUT2D eigenvalue weighted by Crippen LogP contribution is -2.25. The van der Waals surface area contributed by atoms with Crippen LogP contribution in [-0.4, -0.2) is 36.9 Å². The summed E-state index contributed by atoms with van der Waals surface area (Å²) in [6, 6.07) is 0. The van der Waals surface area contributed by atoms with E-state index in [4.69, 9.17) is 4.74 Å². The van der Waals surface area contributed by atoms with Gasteiger partial charge in [0, 0.05) is 25.3 Å². The lowest BCUT2D eigenvalue weighted by molar-refractivity contribution is 0.00458. The first-order valence-corrected chi connectivity index (χ1v) is 7.29. The van der Waals surface area contributed by atoms with Gasteiger partial charge in [-0.05, 0) is 19.3 Å². The van der Waals surface area contributed by atoms with Crippen LogP contribution in [0, 0.1) is 0 Å². The van der Waals surface area contributed by atoms with Crippen LogP contribution < -0.4 is 0 Å². The first-order chi connectivity index (χ1) is 7.57. The Hall–Kier alpha value is -0.880. The topological polar surface area (TPSA) is 61.2 Å². The number of nitrogens with zero attached hydrogens (tertiary/aromatic N) is 2. The summed E-state index contributed by atoms with van der Waals surface area (Å²) in [6.45, 7) is 1.34. The lowest BCUT2D eigenvalue weighted by atomic mass is 10.1. The Bertz CT molecular complexity index is 446. The quantitative estimate of drug-likeness (QED) is 0.791. The molecule has 2 heterocycles. The summed E-state index contributed by atoms with van der Waals surface area (Å²) in [7, 11) is -3.24. The van der Waals surface area contributed by atoms with Crippen LogP contribution in [0.15, 0.2) is 17.6 Å². The molecule has 0 N–H and O–H groups in total. The molecule has 1 aromatic heterocycles. The number of ether oxygens (including phenoxy) is 1. The van der Waals surface area contributed by atoms with E-state index in [0.29, 0.717) is 6.54 Å². The highest BCUT2D eigenvalue weighted by Crippen LogP contribution is 2.16. The molecule has 16 heavy (non-hydrogen) atoms. The van der Waals surface area contributed by atoms with E-state index in [1.54, 1.807) is 10.8 Å². The maximum Gasteiger partial charge on any atom is 0.227 e. The molecule has 0 aliphatic carbocycles.